The Labute approximate surface area is 181 Å². The molecule has 0 spiro atoms. The van der Waals surface area contributed by atoms with Crippen LogP contribution in [-0.2, 0) is 16.3 Å². The summed E-state index contributed by atoms with van der Waals surface area (Å²) in [6.45, 7) is 3.48. The minimum Gasteiger partial charge on any atom is -0.357 e. The van der Waals surface area contributed by atoms with Crippen LogP contribution in [0.3, 0.4) is 0 Å². The van der Waals surface area contributed by atoms with Crippen molar-refractivity contribution in [1.29, 1.82) is 0 Å². The van der Waals surface area contributed by atoms with Gasteiger partial charge in [-0.05, 0) is 36.9 Å². The second-order valence-electron chi connectivity index (χ2n) is 5.74. The van der Waals surface area contributed by atoms with E-state index in [1.807, 2.05) is 30.3 Å². The second-order valence-corrected chi connectivity index (χ2v) is 8.85. The average molecular weight is 525 g/mol. The summed E-state index contributed by atoms with van der Waals surface area (Å²) in [7, 11) is -1.78. The SMILES string of the molecule is CCNC(=NCCS(=O)(=O)c1ccccc1F)N(C)CCc1cccs1.I. The second kappa shape index (κ2) is 11.6. The van der Waals surface area contributed by atoms with E-state index in [1.54, 1.807) is 11.3 Å². The van der Waals surface area contributed by atoms with Crippen molar-refractivity contribution in [3.8, 4) is 0 Å². The molecule has 1 aromatic heterocycles. The lowest BCUT2D eigenvalue weighted by Gasteiger charge is -2.21. The molecule has 1 heterocycles. The fraction of sp³-hybridized carbons (Fsp3) is 0.389. The lowest BCUT2D eigenvalue weighted by atomic mass is 10.3. The van der Waals surface area contributed by atoms with Gasteiger partial charge in [0.2, 0.25) is 0 Å². The summed E-state index contributed by atoms with van der Waals surface area (Å²) in [4.78, 5) is 7.37. The number of hydrogen-bond donors (Lipinski definition) is 1. The fourth-order valence-electron chi connectivity index (χ4n) is 2.39. The molecule has 0 aliphatic heterocycles. The molecule has 0 aliphatic carbocycles. The molecule has 2 rings (SSSR count). The first kappa shape index (κ1) is 23.8. The van der Waals surface area contributed by atoms with Crippen LogP contribution < -0.4 is 5.32 Å². The van der Waals surface area contributed by atoms with Crippen LogP contribution in [0.2, 0.25) is 0 Å². The van der Waals surface area contributed by atoms with Gasteiger partial charge in [-0.25, -0.2) is 12.8 Å². The minimum absolute atomic E-state index is 0. The Bertz CT molecular complexity index is 827. The lowest BCUT2D eigenvalue weighted by molar-refractivity contribution is 0.487. The van der Waals surface area contributed by atoms with Crippen LogP contribution in [0.5, 0.6) is 0 Å². The van der Waals surface area contributed by atoms with Gasteiger partial charge in [-0.3, -0.25) is 4.99 Å². The third-order valence-corrected chi connectivity index (χ3v) is 6.42. The van der Waals surface area contributed by atoms with Crippen LogP contribution in [0.1, 0.15) is 11.8 Å². The molecule has 0 fully saturated rings. The summed E-state index contributed by atoms with van der Waals surface area (Å²) >= 11 is 1.71. The molecular weight excluding hydrogens is 500 g/mol. The van der Waals surface area contributed by atoms with E-state index < -0.39 is 15.7 Å². The summed E-state index contributed by atoms with van der Waals surface area (Å²) in [5.74, 6) is -0.314. The number of aliphatic imine (C=N–C) groups is 1. The van der Waals surface area contributed by atoms with E-state index in [1.165, 1.54) is 23.1 Å². The largest absolute Gasteiger partial charge is 0.357 e. The number of halogens is 2. The summed E-state index contributed by atoms with van der Waals surface area (Å²) in [5, 5.41) is 5.20. The molecular formula is C18H25FIN3O2S2. The normalized spacial score (nSPS) is 11.7. The Balaban J connectivity index is 0.00000364. The highest BCUT2D eigenvalue weighted by molar-refractivity contribution is 14.0. The monoisotopic (exact) mass is 525 g/mol. The molecule has 1 N–H and O–H groups in total. The standard InChI is InChI=1S/C18H24FN3O2S2.HI/c1-3-20-18(22(2)12-10-15-7-6-13-25-15)21-11-14-26(23,24)17-9-5-4-8-16(17)19;/h4-9,13H,3,10-12,14H2,1-2H3,(H,20,21);1H. The van der Waals surface area contributed by atoms with Crippen LogP contribution in [-0.4, -0.2) is 51.7 Å². The molecule has 0 aliphatic rings. The molecule has 0 saturated carbocycles. The predicted octanol–water partition coefficient (Wildman–Crippen LogP) is 3.42. The molecule has 1 aromatic carbocycles. The van der Waals surface area contributed by atoms with E-state index in [0.29, 0.717) is 12.5 Å². The fourth-order valence-corrected chi connectivity index (χ4v) is 4.29. The zero-order valence-electron chi connectivity index (χ0n) is 15.4. The van der Waals surface area contributed by atoms with Crippen LogP contribution in [0, 0.1) is 5.82 Å². The zero-order chi connectivity index (χ0) is 19.0. The number of benzene rings is 1. The van der Waals surface area contributed by atoms with Crippen LogP contribution in [0.4, 0.5) is 4.39 Å². The highest BCUT2D eigenvalue weighted by Gasteiger charge is 2.18. The summed E-state index contributed by atoms with van der Waals surface area (Å²) < 4.78 is 38.3. The van der Waals surface area contributed by atoms with Crippen LogP contribution in [0.15, 0.2) is 51.7 Å². The highest BCUT2D eigenvalue weighted by atomic mass is 127. The van der Waals surface area contributed by atoms with Crippen molar-refractivity contribution in [3.05, 3.63) is 52.5 Å². The van der Waals surface area contributed by atoms with Gasteiger partial charge in [-0.15, -0.1) is 35.3 Å². The number of thiophene rings is 1. The Morgan fingerprint density at radius 2 is 2.00 bits per heavy atom. The minimum atomic E-state index is -3.70. The number of sulfone groups is 1. The highest BCUT2D eigenvalue weighted by Crippen LogP contribution is 2.15. The van der Waals surface area contributed by atoms with Gasteiger partial charge in [0.25, 0.3) is 0 Å². The smallest absolute Gasteiger partial charge is 0.193 e. The first-order valence-corrected chi connectivity index (χ1v) is 11.0. The average Bonchev–Trinajstić information content (AvgIpc) is 3.12. The lowest BCUT2D eigenvalue weighted by Crippen LogP contribution is -2.40. The van der Waals surface area contributed by atoms with E-state index in [2.05, 4.69) is 16.4 Å². The van der Waals surface area contributed by atoms with Crippen molar-refractivity contribution < 1.29 is 12.8 Å². The molecule has 150 valence electrons. The van der Waals surface area contributed by atoms with Gasteiger partial charge in [0.05, 0.1) is 12.3 Å². The van der Waals surface area contributed by atoms with Gasteiger partial charge in [-0.1, -0.05) is 18.2 Å². The van der Waals surface area contributed by atoms with Gasteiger partial charge in [-0.2, -0.15) is 0 Å². The van der Waals surface area contributed by atoms with Crippen LogP contribution >= 0.6 is 35.3 Å². The maximum absolute atomic E-state index is 13.7. The Morgan fingerprint density at radius 1 is 1.26 bits per heavy atom. The number of nitrogens with zero attached hydrogens (tertiary/aromatic N) is 2. The van der Waals surface area contributed by atoms with Gasteiger partial charge in [0.1, 0.15) is 10.7 Å². The summed E-state index contributed by atoms with van der Waals surface area (Å²) in [6, 6.07) is 9.53. The molecule has 0 amide bonds. The maximum Gasteiger partial charge on any atom is 0.193 e. The van der Waals surface area contributed by atoms with E-state index in [0.717, 1.165) is 19.0 Å². The topological polar surface area (TPSA) is 61.8 Å². The molecule has 5 nitrogen and oxygen atoms in total. The van der Waals surface area contributed by atoms with E-state index in [4.69, 9.17) is 0 Å². The van der Waals surface area contributed by atoms with E-state index in [9.17, 15) is 12.8 Å². The number of hydrogen-bond acceptors (Lipinski definition) is 4. The van der Waals surface area contributed by atoms with Crippen molar-refractivity contribution in [2.24, 2.45) is 4.99 Å². The third kappa shape index (κ3) is 7.38. The maximum atomic E-state index is 13.7. The van der Waals surface area contributed by atoms with Crippen molar-refractivity contribution >= 4 is 51.1 Å². The van der Waals surface area contributed by atoms with Crippen LogP contribution in [0.25, 0.3) is 0 Å². The van der Waals surface area contributed by atoms with Crippen molar-refractivity contribution in [3.63, 3.8) is 0 Å². The Morgan fingerprint density at radius 3 is 2.63 bits per heavy atom. The first-order valence-electron chi connectivity index (χ1n) is 8.43. The number of guanidine groups is 1. The molecule has 9 heteroatoms. The molecule has 2 aromatic rings. The van der Waals surface area contributed by atoms with Crippen molar-refractivity contribution in [1.82, 2.24) is 10.2 Å². The predicted molar refractivity (Wildman–Crippen MR) is 120 cm³/mol. The quantitative estimate of drug-likeness (QED) is 0.326. The van der Waals surface area contributed by atoms with E-state index in [-0.39, 0.29) is 41.2 Å². The molecule has 0 atom stereocenters. The van der Waals surface area contributed by atoms with E-state index >= 15 is 0 Å². The molecule has 0 bridgehead atoms. The molecule has 0 radical (unpaired) electrons. The number of likely N-dealkylation sites (N-methyl/N-ethyl adjacent to an activating group) is 1. The summed E-state index contributed by atoms with van der Waals surface area (Å²) in [5.41, 5.74) is 0. The molecule has 0 saturated heterocycles. The van der Waals surface area contributed by atoms with Crippen molar-refractivity contribution in [2.45, 2.75) is 18.2 Å². The Hall–Kier alpha value is -1.20. The zero-order valence-corrected chi connectivity index (χ0v) is 19.4. The number of rotatable bonds is 8. The summed E-state index contributed by atoms with van der Waals surface area (Å²) in [6.07, 6.45) is 0.895. The molecule has 27 heavy (non-hydrogen) atoms. The van der Waals surface area contributed by atoms with Gasteiger partial charge in [0.15, 0.2) is 15.8 Å². The third-order valence-electron chi connectivity index (χ3n) is 3.76. The molecule has 0 unspecified atom stereocenters. The Kier molecular flexibility index (Phi) is 10.2. The van der Waals surface area contributed by atoms with Gasteiger partial charge >= 0.3 is 0 Å². The van der Waals surface area contributed by atoms with Gasteiger partial charge in [0, 0.05) is 25.0 Å². The van der Waals surface area contributed by atoms with Crippen molar-refractivity contribution in [2.75, 3.05) is 32.4 Å². The number of nitrogens with one attached hydrogen (secondary N) is 1. The first-order chi connectivity index (χ1) is 12.4. The van der Waals surface area contributed by atoms with Gasteiger partial charge < -0.3 is 10.2 Å².